The Morgan fingerprint density at radius 2 is 1.73 bits per heavy atom. The first kappa shape index (κ1) is 24.5. The minimum absolute atomic E-state index is 0.0988. The molecule has 3 aromatic rings. The Bertz CT molecular complexity index is 1220. The van der Waals surface area contributed by atoms with Crippen molar-refractivity contribution in [2.24, 2.45) is 0 Å². The number of hydrogen-bond acceptors (Lipinski definition) is 4. The van der Waals surface area contributed by atoms with Crippen LogP contribution in [0.2, 0.25) is 15.1 Å². The van der Waals surface area contributed by atoms with Crippen LogP contribution in [0.25, 0.3) is 6.08 Å². The highest BCUT2D eigenvalue weighted by atomic mass is 35.5. The summed E-state index contributed by atoms with van der Waals surface area (Å²) in [4.78, 5) is 12.6. The molecule has 3 aromatic carbocycles. The van der Waals surface area contributed by atoms with Crippen molar-refractivity contribution in [2.75, 3.05) is 11.9 Å². The van der Waals surface area contributed by atoms with Crippen LogP contribution in [0.4, 0.5) is 5.69 Å². The molecular weight excluding hydrogens is 483 g/mol. The molecule has 1 amide bonds. The van der Waals surface area contributed by atoms with E-state index in [0.717, 1.165) is 5.56 Å². The Hall–Kier alpha value is -3.17. The molecule has 0 atom stereocenters. The molecule has 0 aromatic heterocycles. The molecule has 0 aliphatic carbocycles. The molecule has 1 N–H and O–H groups in total. The van der Waals surface area contributed by atoms with E-state index < -0.39 is 5.91 Å². The zero-order chi connectivity index (χ0) is 23.8. The van der Waals surface area contributed by atoms with Gasteiger partial charge in [0.15, 0.2) is 11.5 Å². The monoisotopic (exact) mass is 500 g/mol. The van der Waals surface area contributed by atoms with Gasteiger partial charge in [0.2, 0.25) is 0 Å². The average molecular weight is 502 g/mol. The lowest BCUT2D eigenvalue weighted by Crippen LogP contribution is -2.13. The van der Waals surface area contributed by atoms with Crippen LogP contribution in [-0.2, 0) is 11.4 Å². The molecule has 0 radical (unpaired) electrons. The van der Waals surface area contributed by atoms with E-state index in [1.165, 1.54) is 6.08 Å². The van der Waals surface area contributed by atoms with Crippen LogP contribution in [-0.4, -0.2) is 12.5 Å². The second-order valence-electron chi connectivity index (χ2n) is 6.80. The fourth-order valence-corrected chi connectivity index (χ4v) is 3.63. The quantitative estimate of drug-likeness (QED) is 0.262. The van der Waals surface area contributed by atoms with Gasteiger partial charge in [-0.25, -0.2) is 0 Å². The van der Waals surface area contributed by atoms with E-state index in [0.29, 0.717) is 44.4 Å². The topological polar surface area (TPSA) is 71.3 Å². The summed E-state index contributed by atoms with van der Waals surface area (Å²) in [6.07, 6.45) is 1.46. The number of carbonyl (C=O) groups is 1. The largest absolute Gasteiger partial charge is 0.490 e. The maximum Gasteiger partial charge on any atom is 0.266 e. The molecule has 0 spiro atoms. The minimum atomic E-state index is -0.590. The van der Waals surface area contributed by atoms with Crippen LogP contribution >= 0.6 is 34.8 Å². The second-order valence-corrected chi connectivity index (χ2v) is 8.08. The molecule has 0 fully saturated rings. The molecule has 168 valence electrons. The summed E-state index contributed by atoms with van der Waals surface area (Å²) in [6, 6.07) is 19.1. The van der Waals surface area contributed by atoms with Crippen molar-refractivity contribution in [1.82, 2.24) is 0 Å². The Labute approximate surface area is 207 Å². The number of anilines is 1. The number of nitriles is 1. The van der Waals surface area contributed by atoms with Crippen molar-refractivity contribution in [2.45, 2.75) is 13.5 Å². The first-order valence-electron chi connectivity index (χ1n) is 9.92. The number of ether oxygens (including phenoxy) is 2. The van der Waals surface area contributed by atoms with Crippen molar-refractivity contribution in [3.05, 3.63) is 92.4 Å². The minimum Gasteiger partial charge on any atom is -0.490 e. The lowest BCUT2D eigenvalue weighted by molar-refractivity contribution is -0.112. The normalized spacial score (nSPS) is 10.9. The Morgan fingerprint density at radius 3 is 2.39 bits per heavy atom. The summed E-state index contributed by atoms with van der Waals surface area (Å²) < 4.78 is 11.6. The third-order valence-corrected chi connectivity index (χ3v) is 5.21. The maximum absolute atomic E-state index is 12.6. The molecule has 0 aliphatic heterocycles. The zero-order valence-electron chi connectivity index (χ0n) is 17.6. The van der Waals surface area contributed by atoms with Crippen LogP contribution in [0.15, 0.2) is 66.2 Å². The van der Waals surface area contributed by atoms with Crippen molar-refractivity contribution in [3.63, 3.8) is 0 Å². The van der Waals surface area contributed by atoms with E-state index in [1.807, 2.05) is 31.2 Å². The Morgan fingerprint density at radius 1 is 1.00 bits per heavy atom. The van der Waals surface area contributed by atoms with E-state index in [-0.39, 0.29) is 12.2 Å². The Balaban J connectivity index is 1.80. The number of hydrogen-bond donors (Lipinski definition) is 1. The molecule has 8 heteroatoms. The SMILES string of the molecule is CCOc1cc(C=C(C#N)C(=O)Nc2cc(Cl)cc(Cl)c2)ccc1OCc1ccccc1Cl. The van der Waals surface area contributed by atoms with Gasteiger partial charge in [-0.05, 0) is 55.0 Å². The highest BCUT2D eigenvalue weighted by molar-refractivity contribution is 6.35. The molecule has 0 saturated carbocycles. The molecule has 33 heavy (non-hydrogen) atoms. The number of carbonyl (C=O) groups excluding carboxylic acids is 1. The van der Waals surface area contributed by atoms with Crippen molar-refractivity contribution < 1.29 is 14.3 Å². The molecule has 0 saturated heterocycles. The fraction of sp³-hybridized carbons (Fsp3) is 0.120. The second kappa shape index (κ2) is 11.6. The van der Waals surface area contributed by atoms with E-state index in [2.05, 4.69) is 5.32 Å². The zero-order valence-corrected chi connectivity index (χ0v) is 19.8. The van der Waals surface area contributed by atoms with Gasteiger partial charge in [-0.1, -0.05) is 59.1 Å². The van der Waals surface area contributed by atoms with Gasteiger partial charge < -0.3 is 14.8 Å². The number of amides is 1. The first-order valence-corrected chi connectivity index (χ1v) is 11.0. The molecule has 3 rings (SSSR count). The summed E-state index contributed by atoms with van der Waals surface area (Å²) in [5.41, 5.74) is 1.73. The van der Waals surface area contributed by atoms with Crippen molar-refractivity contribution >= 4 is 52.5 Å². The standard InChI is InChI=1S/C25H19Cl3N2O3/c1-2-32-24-10-16(7-8-23(24)33-15-17-5-3-4-6-22(17)28)9-18(14-29)25(31)30-21-12-19(26)11-20(27)13-21/h3-13H,2,15H2,1H3,(H,30,31). The molecular formula is C25H19Cl3N2O3. The van der Waals surface area contributed by atoms with Gasteiger partial charge in [0.05, 0.1) is 6.61 Å². The van der Waals surface area contributed by atoms with E-state index >= 15 is 0 Å². The molecule has 0 aliphatic rings. The summed E-state index contributed by atoms with van der Waals surface area (Å²) in [5.74, 6) is 0.413. The molecule has 0 unspecified atom stereocenters. The lowest BCUT2D eigenvalue weighted by atomic mass is 10.1. The predicted molar refractivity (Wildman–Crippen MR) is 132 cm³/mol. The van der Waals surface area contributed by atoms with E-state index in [4.69, 9.17) is 44.3 Å². The summed E-state index contributed by atoms with van der Waals surface area (Å²) >= 11 is 18.1. The molecule has 0 heterocycles. The van der Waals surface area contributed by atoms with E-state index in [1.54, 1.807) is 42.5 Å². The number of benzene rings is 3. The van der Waals surface area contributed by atoms with Crippen molar-refractivity contribution in [1.29, 1.82) is 5.26 Å². The average Bonchev–Trinajstić information content (AvgIpc) is 2.77. The Kier molecular flexibility index (Phi) is 8.62. The van der Waals surface area contributed by atoms with Gasteiger partial charge in [-0.2, -0.15) is 5.26 Å². The van der Waals surface area contributed by atoms with Gasteiger partial charge in [0.25, 0.3) is 5.91 Å². The fourth-order valence-electron chi connectivity index (χ4n) is 2.91. The molecule has 0 bridgehead atoms. The van der Waals surface area contributed by atoms with Crippen LogP contribution in [0.1, 0.15) is 18.1 Å². The number of nitrogens with one attached hydrogen (secondary N) is 1. The summed E-state index contributed by atoms with van der Waals surface area (Å²) in [6.45, 7) is 2.53. The van der Waals surface area contributed by atoms with Gasteiger partial charge in [0.1, 0.15) is 18.2 Å². The lowest BCUT2D eigenvalue weighted by Gasteiger charge is -2.13. The van der Waals surface area contributed by atoms with Gasteiger partial charge >= 0.3 is 0 Å². The van der Waals surface area contributed by atoms with Crippen LogP contribution in [0.3, 0.4) is 0 Å². The van der Waals surface area contributed by atoms with Crippen LogP contribution in [0, 0.1) is 11.3 Å². The highest BCUT2D eigenvalue weighted by Gasteiger charge is 2.13. The smallest absolute Gasteiger partial charge is 0.266 e. The predicted octanol–water partition coefficient (Wildman–Crippen LogP) is 7.17. The summed E-state index contributed by atoms with van der Waals surface area (Å²) in [7, 11) is 0. The third-order valence-electron chi connectivity index (χ3n) is 4.41. The van der Waals surface area contributed by atoms with Gasteiger partial charge in [-0.15, -0.1) is 0 Å². The number of nitrogens with zero attached hydrogens (tertiary/aromatic N) is 1. The van der Waals surface area contributed by atoms with Crippen LogP contribution in [0.5, 0.6) is 11.5 Å². The van der Waals surface area contributed by atoms with Crippen LogP contribution < -0.4 is 14.8 Å². The summed E-state index contributed by atoms with van der Waals surface area (Å²) in [5, 5.41) is 13.5. The molecule has 5 nitrogen and oxygen atoms in total. The van der Waals surface area contributed by atoms with Gasteiger partial charge in [-0.3, -0.25) is 4.79 Å². The van der Waals surface area contributed by atoms with E-state index in [9.17, 15) is 10.1 Å². The number of rotatable bonds is 8. The third kappa shape index (κ3) is 6.90. The van der Waals surface area contributed by atoms with Crippen molar-refractivity contribution in [3.8, 4) is 17.6 Å². The number of halogens is 3. The highest BCUT2D eigenvalue weighted by Crippen LogP contribution is 2.31. The first-order chi connectivity index (χ1) is 15.9. The van der Waals surface area contributed by atoms with Gasteiger partial charge in [0, 0.05) is 26.3 Å². The maximum atomic E-state index is 12.6.